The lowest BCUT2D eigenvalue weighted by atomic mass is 10.2. The molecule has 0 spiro atoms. The molecule has 0 N–H and O–H groups in total. The van der Waals surface area contributed by atoms with Crippen LogP contribution in [0.15, 0.2) is 42.5 Å². The van der Waals surface area contributed by atoms with Gasteiger partial charge in [-0.15, -0.1) is 0 Å². The molecule has 21 heavy (non-hydrogen) atoms. The zero-order chi connectivity index (χ0) is 15.3. The zero-order valence-corrected chi connectivity index (χ0v) is 12.9. The van der Waals surface area contributed by atoms with Gasteiger partial charge in [-0.05, 0) is 44.4 Å². The van der Waals surface area contributed by atoms with E-state index in [1.165, 1.54) is 0 Å². The van der Waals surface area contributed by atoms with E-state index < -0.39 is 0 Å². The van der Waals surface area contributed by atoms with Crippen molar-refractivity contribution in [2.45, 2.75) is 33.1 Å². The fourth-order valence-electron chi connectivity index (χ4n) is 1.79. The fourth-order valence-corrected chi connectivity index (χ4v) is 1.79. The van der Waals surface area contributed by atoms with E-state index in [4.69, 9.17) is 9.47 Å². The first kappa shape index (κ1) is 17.0. The maximum absolute atomic E-state index is 10.8. The Kier molecular flexibility index (Phi) is 8.69. The Balaban J connectivity index is 2.45. The van der Waals surface area contributed by atoms with Gasteiger partial charge in [0, 0.05) is 5.56 Å². The van der Waals surface area contributed by atoms with Gasteiger partial charge in [0.25, 0.3) is 0 Å². The van der Waals surface area contributed by atoms with E-state index in [1.807, 2.05) is 13.0 Å². The van der Waals surface area contributed by atoms with Crippen LogP contribution < -0.4 is 9.47 Å². The van der Waals surface area contributed by atoms with E-state index in [1.54, 1.807) is 18.2 Å². The molecular formula is C18H24O3. The van der Waals surface area contributed by atoms with E-state index in [0.717, 1.165) is 25.5 Å². The molecule has 0 amide bonds. The molecule has 0 saturated carbocycles. The highest BCUT2D eigenvalue weighted by atomic mass is 16.5. The molecule has 0 radical (unpaired) electrons. The van der Waals surface area contributed by atoms with E-state index in [2.05, 4.69) is 25.2 Å². The predicted molar refractivity (Wildman–Crippen MR) is 86.3 cm³/mol. The number of benzene rings is 1. The van der Waals surface area contributed by atoms with Gasteiger partial charge in [0.2, 0.25) is 0 Å². The van der Waals surface area contributed by atoms with Crippen molar-refractivity contribution in [3.8, 4) is 11.5 Å². The molecule has 0 unspecified atom stereocenters. The Morgan fingerprint density at radius 2 is 1.71 bits per heavy atom. The summed E-state index contributed by atoms with van der Waals surface area (Å²) in [5.74, 6) is 1.28. The summed E-state index contributed by atoms with van der Waals surface area (Å²) in [5, 5.41) is 0. The minimum Gasteiger partial charge on any atom is -0.490 e. The normalized spacial score (nSPS) is 11.1. The van der Waals surface area contributed by atoms with Crippen LogP contribution in [0.4, 0.5) is 0 Å². The van der Waals surface area contributed by atoms with Crippen LogP contribution >= 0.6 is 0 Å². The summed E-state index contributed by atoms with van der Waals surface area (Å²) in [7, 11) is 0. The first-order chi connectivity index (χ1) is 10.3. The number of carbonyl (C=O) groups is 1. The highest BCUT2D eigenvalue weighted by molar-refractivity contribution is 5.76. The number of unbranched alkanes of at least 4 members (excludes halogenated alkanes) is 1. The summed E-state index contributed by atoms with van der Waals surface area (Å²) >= 11 is 0. The lowest BCUT2D eigenvalue weighted by Gasteiger charge is -2.10. The van der Waals surface area contributed by atoms with Crippen LogP contribution in [-0.4, -0.2) is 19.5 Å². The molecule has 0 saturated heterocycles. The van der Waals surface area contributed by atoms with Gasteiger partial charge < -0.3 is 9.47 Å². The Bertz CT molecular complexity index is 475. The van der Waals surface area contributed by atoms with Crippen LogP contribution in [0.2, 0.25) is 0 Å². The molecule has 1 rings (SSSR count). The lowest BCUT2D eigenvalue weighted by Crippen LogP contribution is -1.99. The van der Waals surface area contributed by atoms with E-state index in [-0.39, 0.29) is 0 Å². The molecule has 0 aromatic heterocycles. The van der Waals surface area contributed by atoms with Crippen LogP contribution in [-0.2, 0) is 0 Å². The molecule has 0 aliphatic rings. The molecule has 0 bridgehead atoms. The minimum absolute atomic E-state index is 0.498. The van der Waals surface area contributed by atoms with Crippen LogP contribution in [0.3, 0.4) is 0 Å². The maximum atomic E-state index is 10.8. The summed E-state index contributed by atoms with van der Waals surface area (Å²) < 4.78 is 11.2. The smallest absolute Gasteiger partial charge is 0.161 e. The Morgan fingerprint density at radius 1 is 0.952 bits per heavy atom. The Hall–Kier alpha value is -2.03. The minimum atomic E-state index is 0.498. The third kappa shape index (κ3) is 6.80. The molecule has 114 valence electrons. The quantitative estimate of drug-likeness (QED) is 0.359. The summed E-state index contributed by atoms with van der Waals surface area (Å²) in [6.45, 7) is 5.07. The molecule has 1 aromatic rings. The molecule has 0 aliphatic carbocycles. The van der Waals surface area contributed by atoms with E-state index in [9.17, 15) is 4.79 Å². The molecule has 3 nitrogen and oxygen atoms in total. The van der Waals surface area contributed by atoms with Crippen LogP contribution in [0.1, 0.15) is 43.5 Å². The Labute approximate surface area is 127 Å². The number of rotatable bonds is 10. The number of carbonyl (C=O) groups excluding carboxylic acids is 1. The summed E-state index contributed by atoms with van der Waals surface area (Å²) in [4.78, 5) is 10.8. The number of hydrogen-bond donors (Lipinski definition) is 0. The predicted octanol–water partition coefficient (Wildman–Crippen LogP) is 4.58. The van der Waals surface area contributed by atoms with E-state index in [0.29, 0.717) is 30.3 Å². The molecule has 1 aromatic carbocycles. The third-order valence-electron chi connectivity index (χ3n) is 2.81. The van der Waals surface area contributed by atoms with Gasteiger partial charge in [-0.3, -0.25) is 4.79 Å². The molecular weight excluding hydrogens is 264 g/mol. The fraction of sp³-hybridized carbons (Fsp3) is 0.389. The van der Waals surface area contributed by atoms with Crippen molar-refractivity contribution in [2.75, 3.05) is 13.2 Å². The molecule has 3 heteroatoms. The van der Waals surface area contributed by atoms with Gasteiger partial charge in [-0.1, -0.05) is 31.2 Å². The highest BCUT2D eigenvalue weighted by Gasteiger charge is 2.05. The topological polar surface area (TPSA) is 35.5 Å². The van der Waals surface area contributed by atoms with Crippen molar-refractivity contribution in [3.63, 3.8) is 0 Å². The number of allylic oxidation sites excluding steroid dienone is 3. The van der Waals surface area contributed by atoms with Gasteiger partial charge in [0.05, 0.1) is 6.61 Å². The second kappa shape index (κ2) is 10.7. The summed E-state index contributed by atoms with van der Waals surface area (Å²) in [6.07, 6.45) is 12.4. The SMILES string of the molecule is CCC=CCCC=CCOc1ccc(C=O)cc1OCC. The highest BCUT2D eigenvalue weighted by Crippen LogP contribution is 2.28. The van der Waals surface area contributed by atoms with Crippen molar-refractivity contribution in [2.24, 2.45) is 0 Å². The number of ether oxygens (including phenoxy) is 2. The molecule has 0 aliphatic heterocycles. The molecule has 0 heterocycles. The number of hydrogen-bond acceptors (Lipinski definition) is 3. The Morgan fingerprint density at radius 3 is 2.38 bits per heavy atom. The molecule has 0 atom stereocenters. The maximum Gasteiger partial charge on any atom is 0.161 e. The van der Waals surface area contributed by atoms with Crippen LogP contribution in [0.5, 0.6) is 11.5 Å². The van der Waals surface area contributed by atoms with Gasteiger partial charge in [-0.25, -0.2) is 0 Å². The van der Waals surface area contributed by atoms with Gasteiger partial charge in [0.1, 0.15) is 12.9 Å². The van der Waals surface area contributed by atoms with Crippen molar-refractivity contribution in [1.29, 1.82) is 0 Å². The second-order valence-electron chi connectivity index (χ2n) is 4.50. The van der Waals surface area contributed by atoms with Crippen LogP contribution in [0, 0.1) is 0 Å². The second-order valence-corrected chi connectivity index (χ2v) is 4.50. The van der Waals surface area contributed by atoms with Gasteiger partial charge >= 0.3 is 0 Å². The van der Waals surface area contributed by atoms with Crippen molar-refractivity contribution in [1.82, 2.24) is 0 Å². The first-order valence-electron chi connectivity index (χ1n) is 7.46. The standard InChI is InChI=1S/C18H24O3/c1-3-5-6-7-8-9-10-13-21-17-12-11-16(15-19)14-18(17)20-4-2/h5-6,9-12,14-15H,3-4,7-8,13H2,1-2H3. The lowest BCUT2D eigenvalue weighted by molar-refractivity contribution is 0.112. The van der Waals surface area contributed by atoms with Crippen molar-refractivity contribution >= 4 is 6.29 Å². The van der Waals surface area contributed by atoms with Crippen molar-refractivity contribution < 1.29 is 14.3 Å². The number of aldehydes is 1. The molecule has 0 fully saturated rings. The van der Waals surface area contributed by atoms with Crippen LogP contribution in [0.25, 0.3) is 0 Å². The van der Waals surface area contributed by atoms with Crippen molar-refractivity contribution in [3.05, 3.63) is 48.1 Å². The van der Waals surface area contributed by atoms with E-state index >= 15 is 0 Å². The monoisotopic (exact) mass is 288 g/mol. The van der Waals surface area contributed by atoms with Gasteiger partial charge in [0.15, 0.2) is 11.5 Å². The largest absolute Gasteiger partial charge is 0.490 e. The first-order valence-corrected chi connectivity index (χ1v) is 7.46. The summed E-state index contributed by atoms with van der Waals surface area (Å²) in [5.41, 5.74) is 0.587. The summed E-state index contributed by atoms with van der Waals surface area (Å²) in [6, 6.07) is 5.20. The van der Waals surface area contributed by atoms with Gasteiger partial charge in [-0.2, -0.15) is 0 Å². The average Bonchev–Trinajstić information content (AvgIpc) is 2.51. The average molecular weight is 288 g/mol. The third-order valence-corrected chi connectivity index (χ3v) is 2.81. The zero-order valence-electron chi connectivity index (χ0n) is 12.9.